The second-order valence-electron chi connectivity index (χ2n) is 5.68. The van der Waals surface area contributed by atoms with Crippen molar-refractivity contribution in [1.82, 2.24) is 4.98 Å². The number of aromatic nitrogens is 1. The fourth-order valence-electron chi connectivity index (χ4n) is 2.25. The molecule has 0 aliphatic heterocycles. The van der Waals surface area contributed by atoms with E-state index in [9.17, 15) is 9.59 Å². The largest absolute Gasteiger partial charge is 0.330 e. The number of amides is 2. The molecule has 0 radical (unpaired) electrons. The third-order valence-electron chi connectivity index (χ3n) is 3.52. The Labute approximate surface area is 150 Å². The number of unbranched alkanes of at least 4 members (excludes halogenated alkanes) is 1. The van der Waals surface area contributed by atoms with Gasteiger partial charge in [-0.3, -0.25) is 9.59 Å². The number of carbonyl (C=O) groups is 2. The van der Waals surface area contributed by atoms with Crippen LogP contribution in [-0.2, 0) is 9.59 Å². The Morgan fingerprint density at radius 3 is 2.80 bits per heavy atom. The number of nitrogens with zero attached hydrogens (tertiary/aromatic N) is 1. The van der Waals surface area contributed by atoms with E-state index in [1.54, 1.807) is 6.07 Å². The summed E-state index contributed by atoms with van der Waals surface area (Å²) in [6.07, 6.45) is 2.29. The Bertz CT molecular complexity index is 731. The molecule has 0 bridgehead atoms. The molecule has 2 amide bonds. The van der Waals surface area contributed by atoms with E-state index >= 15 is 0 Å². The molecular formula is C17H23N5O2S. The second-order valence-corrected chi connectivity index (χ2v) is 6.54. The van der Waals surface area contributed by atoms with Crippen molar-refractivity contribution in [2.45, 2.75) is 32.2 Å². The van der Waals surface area contributed by atoms with Gasteiger partial charge in [0.05, 0.1) is 11.7 Å². The van der Waals surface area contributed by atoms with Crippen molar-refractivity contribution < 1.29 is 9.59 Å². The van der Waals surface area contributed by atoms with Crippen molar-refractivity contribution in [3.8, 4) is 11.3 Å². The lowest BCUT2D eigenvalue weighted by Crippen LogP contribution is -2.35. The fraction of sp³-hybridized carbons (Fsp3) is 0.353. The minimum absolute atomic E-state index is 0.162. The highest BCUT2D eigenvalue weighted by atomic mass is 32.1. The monoisotopic (exact) mass is 361 g/mol. The number of hydrogen-bond acceptors (Lipinski definition) is 6. The van der Waals surface area contributed by atoms with Crippen molar-refractivity contribution in [2.75, 3.05) is 17.2 Å². The molecule has 0 unspecified atom stereocenters. The zero-order valence-corrected chi connectivity index (χ0v) is 14.9. The summed E-state index contributed by atoms with van der Waals surface area (Å²) < 4.78 is 0. The van der Waals surface area contributed by atoms with Crippen LogP contribution in [0.25, 0.3) is 11.3 Å². The van der Waals surface area contributed by atoms with E-state index in [4.69, 9.17) is 11.5 Å². The van der Waals surface area contributed by atoms with Crippen molar-refractivity contribution >= 4 is 34.0 Å². The van der Waals surface area contributed by atoms with Crippen LogP contribution in [0.1, 0.15) is 26.2 Å². The highest BCUT2D eigenvalue weighted by molar-refractivity contribution is 7.14. The molecule has 1 heterocycles. The van der Waals surface area contributed by atoms with Gasteiger partial charge >= 0.3 is 0 Å². The molecular weight excluding hydrogens is 338 g/mol. The average molecular weight is 361 g/mol. The minimum atomic E-state index is -0.555. The summed E-state index contributed by atoms with van der Waals surface area (Å²) in [5.74, 6) is -0.378. The Morgan fingerprint density at radius 2 is 2.08 bits per heavy atom. The summed E-state index contributed by atoms with van der Waals surface area (Å²) in [4.78, 5) is 27.6. The van der Waals surface area contributed by atoms with Gasteiger partial charge in [-0.25, -0.2) is 4.98 Å². The standard InChI is InChI=1S/C17H23N5O2S/c1-11(23)20-17-22-15(10-25-17)12-5-4-6-13(9-12)21-16(24)14(19)7-2-3-8-18/h4-6,9-10,14H,2-3,7-8,18-19H2,1H3,(H,21,24)(H,20,22,23)/t14-/m0/s1. The summed E-state index contributed by atoms with van der Waals surface area (Å²) in [6.45, 7) is 2.04. The zero-order chi connectivity index (χ0) is 18.2. The molecule has 0 saturated heterocycles. The van der Waals surface area contributed by atoms with Gasteiger partial charge in [0.25, 0.3) is 0 Å². The van der Waals surface area contributed by atoms with Crippen LogP contribution in [0.15, 0.2) is 29.6 Å². The normalized spacial score (nSPS) is 11.8. The number of carbonyl (C=O) groups excluding carboxylic acids is 2. The third kappa shape index (κ3) is 5.93. The van der Waals surface area contributed by atoms with Crippen molar-refractivity contribution in [3.05, 3.63) is 29.6 Å². The molecule has 2 aromatic rings. The lowest BCUT2D eigenvalue weighted by molar-refractivity contribution is -0.117. The van der Waals surface area contributed by atoms with E-state index < -0.39 is 6.04 Å². The van der Waals surface area contributed by atoms with E-state index in [0.717, 1.165) is 24.1 Å². The number of rotatable bonds is 8. The average Bonchev–Trinajstić information content (AvgIpc) is 3.03. The summed E-state index contributed by atoms with van der Waals surface area (Å²) in [7, 11) is 0. The SMILES string of the molecule is CC(=O)Nc1nc(-c2cccc(NC(=O)[C@@H](N)CCCCN)c2)cs1. The van der Waals surface area contributed by atoms with Crippen molar-refractivity contribution in [3.63, 3.8) is 0 Å². The van der Waals surface area contributed by atoms with Gasteiger partial charge in [0, 0.05) is 23.6 Å². The molecule has 1 aromatic heterocycles. The second kappa shape index (κ2) is 9.26. The van der Waals surface area contributed by atoms with Gasteiger partial charge in [0.2, 0.25) is 11.8 Å². The molecule has 8 heteroatoms. The summed E-state index contributed by atoms with van der Waals surface area (Å²) >= 11 is 1.35. The predicted molar refractivity (Wildman–Crippen MR) is 101 cm³/mol. The highest BCUT2D eigenvalue weighted by Crippen LogP contribution is 2.26. The first-order valence-electron chi connectivity index (χ1n) is 8.09. The molecule has 134 valence electrons. The number of benzene rings is 1. The zero-order valence-electron chi connectivity index (χ0n) is 14.1. The van der Waals surface area contributed by atoms with Gasteiger partial charge in [-0.15, -0.1) is 11.3 Å². The maximum atomic E-state index is 12.2. The van der Waals surface area contributed by atoms with E-state index in [1.165, 1.54) is 18.3 Å². The number of hydrogen-bond donors (Lipinski definition) is 4. The molecule has 0 aliphatic rings. The summed E-state index contributed by atoms with van der Waals surface area (Å²) in [5.41, 5.74) is 13.6. The number of anilines is 2. The Kier molecular flexibility index (Phi) is 7.05. The first kappa shape index (κ1) is 19.0. The van der Waals surface area contributed by atoms with Crippen LogP contribution in [0.2, 0.25) is 0 Å². The van der Waals surface area contributed by atoms with Crippen LogP contribution in [0, 0.1) is 0 Å². The van der Waals surface area contributed by atoms with Gasteiger partial charge in [-0.05, 0) is 31.5 Å². The first-order valence-corrected chi connectivity index (χ1v) is 8.97. The molecule has 2 rings (SSSR count). The van der Waals surface area contributed by atoms with E-state index in [0.29, 0.717) is 23.8 Å². The first-order chi connectivity index (χ1) is 12.0. The van der Waals surface area contributed by atoms with Gasteiger partial charge in [0.15, 0.2) is 5.13 Å². The Balaban J connectivity index is 2.02. The molecule has 0 aliphatic carbocycles. The molecule has 25 heavy (non-hydrogen) atoms. The van der Waals surface area contributed by atoms with Crippen molar-refractivity contribution in [1.29, 1.82) is 0 Å². The van der Waals surface area contributed by atoms with E-state index in [1.807, 2.05) is 23.6 Å². The lowest BCUT2D eigenvalue weighted by atomic mass is 10.1. The Morgan fingerprint density at radius 1 is 1.28 bits per heavy atom. The number of nitrogens with two attached hydrogens (primary N) is 2. The topological polar surface area (TPSA) is 123 Å². The number of nitrogens with one attached hydrogen (secondary N) is 2. The van der Waals surface area contributed by atoms with Gasteiger partial charge in [-0.2, -0.15) is 0 Å². The van der Waals surface area contributed by atoms with E-state index in [-0.39, 0.29) is 11.8 Å². The lowest BCUT2D eigenvalue weighted by Gasteiger charge is -2.12. The van der Waals surface area contributed by atoms with Gasteiger partial charge < -0.3 is 22.1 Å². The molecule has 7 nitrogen and oxygen atoms in total. The molecule has 0 fully saturated rings. The molecule has 0 spiro atoms. The van der Waals surface area contributed by atoms with Gasteiger partial charge in [-0.1, -0.05) is 18.6 Å². The quantitative estimate of drug-likeness (QED) is 0.537. The predicted octanol–water partition coefficient (Wildman–Crippen LogP) is 2.16. The van der Waals surface area contributed by atoms with Crippen LogP contribution in [0.5, 0.6) is 0 Å². The summed E-state index contributed by atoms with van der Waals surface area (Å²) in [5, 5.41) is 7.88. The Hall–Kier alpha value is -2.29. The molecule has 1 aromatic carbocycles. The fourth-order valence-corrected chi connectivity index (χ4v) is 3.01. The van der Waals surface area contributed by atoms with Gasteiger partial charge in [0.1, 0.15) is 0 Å². The van der Waals surface area contributed by atoms with Crippen LogP contribution < -0.4 is 22.1 Å². The van der Waals surface area contributed by atoms with Crippen LogP contribution in [0.4, 0.5) is 10.8 Å². The summed E-state index contributed by atoms with van der Waals surface area (Å²) in [6, 6.07) is 6.80. The number of thiazole rings is 1. The minimum Gasteiger partial charge on any atom is -0.330 e. The highest BCUT2D eigenvalue weighted by Gasteiger charge is 2.13. The third-order valence-corrected chi connectivity index (χ3v) is 4.28. The van der Waals surface area contributed by atoms with Crippen LogP contribution in [0.3, 0.4) is 0 Å². The molecule has 1 atom stereocenters. The molecule has 6 N–H and O–H groups in total. The smallest absolute Gasteiger partial charge is 0.241 e. The van der Waals surface area contributed by atoms with Crippen LogP contribution >= 0.6 is 11.3 Å². The van der Waals surface area contributed by atoms with Crippen LogP contribution in [-0.4, -0.2) is 29.4 Å². The van der Waals surface area contributed by atoms with Crippen molar-refractivity contribution in [2.24, 2.45) is 11.5 Å². The van der Waals surface area contributed by atoms with E-state index in [2.05, 4.69) is 15.6 Å². The maximum absolute atomic E-state index is 12.2. The maximum Gasteiger partial charge on any atom is 0.241 e. The molecule has 0 saturated carbocycles.